The zero-order chi connectivity index (χ0) is 11.9. The van der Waals surface area contributed by atoms with Gasteiger partial charge in [-0.2, -0.15) is 0 Å². The van der Waals surface area contributed by atoms with Gasteiger partial charge in [-0.25, -0.2) is 4.79 Å². The molecule has 0 heterocycles. The van der Waals surface area contributed by atoms with Crippen molar-refractivity contribution in [3.8, 4) is 0 Å². The van der Waals surface area contributed by atoms with Crippen LogP contribution in [0.4, 0.5) is 0 Å². The van der Waals surface area contributed by atoms with Crippen molar-refractivity contribution in [2.45, 2.75) is 27.7 Å². The lowest BCUT2D eigenvalue weighted by molar-refractivity contribution is -0.132. The van der Waals surface area contributed by atoms with Crippen LogP contribution in [0.5, 0.6) is 0 Å². The minimum Gasteiger partial charge on any atom is -0.478 e. The molecule has 0 aromatic heterocycles. The lowest BCUT2D eigenvalue weighted by Gasteiger charge is -2.05. The third-order valence-corrected chi connectivity index (χ3v) is 4.31. The Morgan fingerprint density at radius 2 is 1.80 bits per heavy atom. The standard InChI is InChI=1S/C12H21NO2/c1-8(10(14)15)6-13-7-9-11(2,3)12(9,4)5/h9,13H,1,6-7H2,2-5H3,(H,14,15). The molecule has 3 nitrogen and oxygen atoms in total. The van der Waals surface area contributed by atoms with E-state index in [-0.39, 0.29) is 5.57 Å². The minimum absolute atomic E-state index is 0.228. The first-order valence-electron chi connectivity index (χ1n) is 5.33. The molecule has 0 aliphatic heterocycles. The summed E-state index contributed by atoms with van der Waals surface area (Å²) in [7, 11) is 0. The third-order valence-electron chi connectivity index (χ3n) is 4.31. The van der Waals surface area contributed by atoms with E-state index in [9.17, 15) is 4.79 Å². The molecular weight excluding hydrogens is 190 g/mol. The predicted octanol–water partition coefficient (Wildman–Crippen LogP) is 1.90. The van der Waals surface area contributed by atoms with E-state index in [0.29, 0.717) is 23.3 Å². The number of aliphatic carboxylic acids is 1. The predicted molar refractivity (Wildman–Crippen MR) is 60.7 cm³/mol. The highest BCUT2D eigenvalue weighted by Crippen LogP contribution is 2.67. The number of carboxylic acids is 1. The molecule has 86 valence electrons. The van der Waals surface area contributed by atoms with Crippen LogP contribution in [0, 0.1) is 16.7 Å². The summed E-state index contributed by atoms with van der Waals surface area (Å²) in [5.41, 5.74) is 0.932. The summed E-state index contributed by atoms with van der Waals surface area (Å²) in [5, 5.41) is 11.8. The molecule has 1 saturated carbocycles. The Bertz CT molecular complexity index is 278. The Morgan fingerprint density at radius 3 is 2.13 bits per heavy atom. The summed E-state index contributed by atoms with van der Waals surface area (Å²) in [6, 6.07) is 0. The lowest BCUT2D eigenvalue weighted by Crippen LogP contribution is -2.24. The molecule has 0 atom stereocenters. The van der Waals surface area contributed by atoms with Crippen molar-refractivity contribution in [1.29, 1.82) is 0 Å². The maximum Gasteiger partial charge on any atom is 0.332 e. The molecule has 0 bridgehead atoms. The molecule has 0 unspecified atom stereocenters. The second kappa shape index (κ2) is 3.63. The Hall–Kier alpha value is -0.830. The van der Waals surface area contributed by atoms with Gasteiger partial charge in [-0.15, -0.1) is 0 Å². The normalized spacial score (nSPS) is 22.4. The van der Waals surface area contributed by atoms with Crippen LogP contribution in [-0.4, -0.2) is 24.2 Å². The number of nitrogens with one attached hydrogen (secondary N) is 1. The second-order valence-electron chi connectivity index (χ2n) is 5.54. The lowest BCUT2D eigenvalue weighted by atomic mass is 10.0. The molecule has 0 radical (unpaired) electrons. The highest BCUT2D eigenvalue weighted by molar-refractivity contribution is 5.86. The number of hydrogen-bond acceptors (Lipinski definition) is 2. The third kappa shape index (κ3) is 2.07. The molecule has 15 heavy (non-hydrogen) atoms. The monoisotopic (exact) mass is 211 g/mol. The smallest absolute Gasteiger partial charge is 0.332 e. The maximum absolute atomic E-state index is 10.5. The molecule has 1 fully saturated rings. The molecule has 0 saturated heterocycles. The van der Waals surface area contributed by atoms with Crippen molar-refractivity contribution < 1.29 is 9.90 Å². The zero-order valence-corrected chi connectivity index (χ0v) is 10.1. The van der Waals surface area contributed by atoms with Crippen molar-refractivity contribution in [3.63, 3.8) is 0 Å². The molecule has 1 aliphatic rings. The summed E-state index contributed by atoms with van der Waals surface area (Å²) < 4.78 is 0. The van der Waals surface area contributed by atoms with Gasteiger partial charge in [-0.3, -0.25) is 0 Å². The molecule has 0 aromatic carbocycles. The van der Waals surface area contributed by atoms with Gasteiger partial charge in [-0.1, -0.05) is 34.3 Å². The molecule has 1 aliphatic carbocycles. The summed E-state index contributed by atoms with van der Waals surface area (Å²) in [4.78, 5) is 10.5. The van der Waals surface area contributed by atoms with Gasteiger partial charge in [0.25, 0.3) is 0 Å². The van der Waals surface area contributed by atoms with Gasteiger partial charge in [0.15, 0.2) is 0 Å². The van der Waals surface area contributed by atoms with Crippen molar-refractivity contribution in [2.24, 2.45) is 16.7 Å². The summed E-state index contributed by atoms with van der Waals surface area (Å²) in [5.74, 6) is -0.302. The van der Waals surface area contributed by atoms with Crippen LogP contribution in [0.1, 0.15) is 27.7 Å². The first kappa shape index (κ1) is 12.2. The molecule has 2 N–H and O–H groups in total. The van der Waals surface area contributed by atoms with Crippen LogP contribution in [0.2, 0.25) is 0 Å². The van der Waals surface area contributed by atoms with Crippen LogP contribution in [0.25, 0.3) is 0 Å². The van der Waals surface area contributed by atoms with E-state index in [0.717, 1.165) is 6.54 Å². The van der Waals surface area contributed by atoms with Gasteiger partial charge in [-0.05, 0) is 23.3 Å². The topological polar surface area (TPSA) is 49.3 Å². The Labute approximate surface area is 91.6 Å². The van der Waals surface area contributed by atoms with Gasteiger partial charge in [0, 0.05) is 12.1 Å². The average Bonchev–Trinajstić information content (AvgIpc) is 2.46. The minimum atomic E-state index is -0.920. The SMILES string of the molecule is C=C(CNCC1C(C)(C)C1(C)C)C(=O)O. The van der Waals surface area contributed by atoms with Gasteiger partial charge in [0.05, 0.1) is 0 Å². The molecule has 0 spiro atoms. The quantitative estimate of drug-likeness (QED) is 0.683. The highest BCUT2D eigenvalue weighted by Gasteiger charge is 2.63. The van der Waals surface area contributed by atoms with Crippen LogP contribution in [0.3, 0.4) is 0 Å². The van der Waals surface area contributed by atoms with E-state index in [4.69, 9.17) is 5.11 Å². The molecule has 0 amide bonds. The first-order chi connectivity index (χ1) is 6.71. The van der Waals surface area contributed by atoms with E-state index in [1.54, 1.807) is 0 Å². The first-order valence-corrected chi connectivity index (χ1v) is 5.33. The Kier molecular flexibility index (Phi) is 2.97. The van der Waals surface area contributed by atoms with E-state index in [2.05, 4.69) is 39.6 Å². The van der Waals surface area contributed by atoms with Crippen molar-refractivity contribution in [1.82, 2.24) is 5.32 Å². The molecule has 3 heteroatoms. The van der Waals surface area contributed by atoms with E-state index >= 15 is 0 Å². The highest BCUT2D eigenvalue weighted by atomic mass is 16.4. The fourth-order valence-electron chi connectivity index (χ4n) is 2.29. The Morgan fingerprint density at radius 1 is 1.33 bits per heavy atom. The van der Waals surface area contributed by atoms with Crippen LogP contribution >= 0.6 is 0 Å². The van der Waals surface area contributed by atoms with Crippen molar-refractivity contribution in [3.05, 3.63) is 12.2 Å². The Balaban J connectivity index is 2.30. The van der Waals surface area contributed by atoms with Gasteiger partial charge in [0.2, 0.25) is 0 Å². The second-order valence-corrected chi connectivity index (χ2v) is 5.54. The average molecular weight is 211 g/mol. The zero-order valence-electron chi connectivity index (χ0n) is 10.1. The number of carboxylic acid groups (broad SMARTS) is 1. The molecule has 1 rings (SSSR count). The van der Waals surface area contributed by atoms with E-state index in [1.807, 2.05) is 0 Å². The van der Waals surface area contributed by atoms with E-state index in [1.165, 1.54) is 0 Å². The van der Waals surface area contributed by atoms with Gasteiger partial charge in [0.1, 0.15) is 0 Å². The van der Waals surface area contributed by atoms with Crippen molar-refractivity contribution >= 4 is 5.97 Å². The van der Waals surface area contributed by atoms with Crippen molar-refractivity contribution in [2.75, 3.05) is 13.1 Å². The maximum atomic E-state index is 10.5. The molecular formula is C12H21NO2. The van der Waals surface area contributed by atoms with Gasteiger partial charge >= 0.3 is 5.97 Å². The fraction of sp³-hybridized carbons (Fsp3) is 0.750. The van der Waals surface area contributed by atoms with Crippen LogP contribution in [-0.2, 0) is 4.79 Å². The van der Waals surface area contributed by atoms with Crippen LogP contribution in [0.15, 0.2) is 12.2 Å². The summed E-state index contributed by atoms with van der Waals surface area (Å²) >= 11 is 0. The van der Waals surface area contributed by atoms with Crippen LogP contribution < -0.4 is 5.32 Å². The summed E-state index contributed by atoms with van der Waals surface area (Å²) in [6.07, 6.45) is 0. The summed E-state index contributed by atoms with van der Waals surface area (Å²) in [6.45, 7) is 13.7. The number of rotatable bonds is 5. The number of hydrogen-bond donors (Lipinski definition) is 2. The fourth-order valence-corrected chi connectivity index (χ4v) is 2.29. The number of carbonyl (C=O) groups is 1. The van der Waals surface area contributed by atoms with Gasteiger partial charge < -0.3 is 10.4 Å². The molecule has 0 aromatic rings. The largest absolute Gasteiger partial charge is 0.478 e. The van der Waals surface area contributed by atoms with E-state index < -0.39 is 5.97 Å².